The minimum absolute atomic E-state index is 0.102. The molecule has 0 saturated carbocycles. The number of ether oxygens (including phenoxy) is 1. The average molecular weight is 791 g/mol. The number of carbonyl (C=O) groups excluding carboxylic acids is 2. The van der Waals surface area contributed by atoms with Crippen LogP contribution in [0.4, 0.5) is 25.3 Å². The third-order valence-corrected chi connectivity index (χ3v) is 13.0. The molecular weight excluding hydrogens is 747 g/mol. The average Bonchev–Trinajstić information content (AvgIpc) is 3.52. The number of benzene rings is 2. The number of imide groups is 1. The zero-order valence-electron chi connectivity index (χ0n) is 31.2. The van der Waals surface area contributed by atoms with Crippen molar-refractivity contribution in [2.75, 3.05) is 42.9 Å². The molecule has 0 bridgehead atoms. The molecule has 0 spiro atoms. The number of aryl methyl sites for hydroxylation is 2. The lowest BCUT2D eigenvalue weighted by Gasteiger charge is -2.36. The summed E-state index contributed by atoms with van der Waals surface area (Å²) in [4.78, 5) is 36.3. The normalized spacial score (nSPS) is 18.6. The maximum Gasteiger partial charge on any atom is 0.387 e. The van der Waals surface area contributed by atoms with Gasteiger partial charge in [0.1, 0.15) is 0 Å². The molecule has 3 fully saturated rings. The number of rotatable bonds is 12. The number of carbonyl (C=O) groups is 2. The number of alkyl halides is 2. The summed E-state index contributed by atoms with van der Waals surface area (Å²) in [5.41, 5.74) is 3.32. The van der Waals surface area contributed by atoms with E-state index in [1.54, 1.807) is 16.8 Å². The van der Waals surface area contributed by atoms with Gasteiger partial charge in [-0.1, -0.05) is 6.07 Å². The van der Waals surface area contributed by atoms with Crippen LogP contribution in [0.1, 0.15) is 68.1 Å². The molecule has 3 amide bonds. The lowest BCUT2D eigenvalue weighted by Crippen LogP contribution is -2.49. The van der Waals surface area contributed by atoms with Crippen molar-refractivity contribution < 1.29 is 31.5 Å². The Morgan fingerprint density at radius 1 is 1.02 bits per heavy atom. The molecule has 56 heavy (non-hydrogen) atoms. The highest BCUT2D eigenvalue weighted by Crippen LogP contribution is 2.34. The fraction of sp³-hybridized carbons (Fsp3) is 0.474. The van der Waals surface area contributed by atoms with Gasteiger partial charge in [0.05, 0.1) is 34.4 Å². The third kappa shape index (κ3) is 8.44. The van der Waals surface area contributed by atoms with Gasteiger partial charge in [0.15, 0.2) is 11.6 Å². The zero-order chi connectivity index (χ0) is 39.6. The van der Waals surface area contributed by atoms with Crippen molar-refractivity contribution in [2.24, 2.45) is 7.05 Å². The number of halogens is 2. The highest BCUT2D eigenvalue weighted by Gasteiger charge is 2.32. The number of urea groups is 1. The van der Waals surface area contributed by atoms with Gasteiger partial charge in [-0.15, -0.1) is 0 Å². The Labute approximate surface area is 323 Å². The zero-order valence-corrected chi connectivity index (χ0v) is 32.0. The van der Waals surface area contributed by atoms with E-state index in [2.05, 4.69) is 60.5 Å². The standard InChI is InChI=1S/C38H44F2N10O5S/c1-24(48-14-9-25(10-15-48)27-6-8-32-33(20-27)47(2)46-35(32)50-18-13-34(51)45-38(50)52)3-4-26-19-31(7-5-28(26)21-41)56(53,54)49-16-11-29(12-17-49)44-37-42-22-30(23-43-37)55-36(39)40/h5-8,19-20,22-25,29,36H,3-4,9-18H2,1-2H3,(H,42,43,44)(H,45,51,52). The van der Waals surface area contributed by atoms with E-state index in [-0.39, 0.29) is 54.1 Å². The minimum Gasteiger partial charge on any atom is -0.432 e. The molecular formula is C38H44F2N10O5S. The van der Waals surface area contributed by atoms with E-state index in [1.165, 1.54) is 20.8 Å². The largest absolute Gasteiger partial charge is 0.432 e. The topological polar surface area (TPSA) is 179 Å². The molecule has 2 N–H and O–H groups in total. The Morgan fingerprint density at radius 3 is 2.43 bits per heavy atom. The van der Waals surface area contributed by atoms with E-state index < -0.39 is 22.7 Å². The molecule has 5 heterocycles. The van der Waals surface area contributed by atoms with E-state index in [4.69, 9.17) is 0 Å². The molecule has 4 aromatic rings. The molecule has 2 aromatic carbocycles. The molecule has 1 atom stereocenters. The molecule has 3 aliphatic heterocycles. The summed E-state index contributed by atoms with van der Waals surface area (Å²) in [6.45, 7) is 1.84. The summed E-state index contributed by atoms with van der Waals surface area (Å²) in [5, 5.41) is 20.9. The lowest BCUT2D eigenvalue weighted by atomic mass is 9.88. The monoisotopic (exact) mass is 790 g/mol. The first-order chi connectivity index (χ1) is 26.9. The Morgan fingerprint density at radius 2 is 1.75 bits per heavy atom. The van der Waals surface area contributed by atoms with Crippen molar-refractivity contribution in [1.29, 1.82) is 5.26 Å². The van der Waals surface area contributed by atoms with Crippen molar-refractivity contribution in [2.45, 2.75) is 81.4 Å². The van der Waals surface area contributed by atoms with Crippen LogP contribution in [-0.2, 0) is 28.3 Å². The Bertz CT molecular complexity index is 2230. The van der Waals surface area contributed by atoms with E-state index in [9.17, 15) is 32.0 Å². The second-order valence-electron chi connectivity index (χ2n) is 14.6. The van der Waals surface area contributed by atoms with Crippen LogP contribution in [0.15, 0.2) is 53.7 Å². The number of fused-ring (bicyclic) bond motifs is 1. The number of hydrogen-bond donors (Lipinski definition) is 2. The molecule has 0 aliphatic carbocycles. The smallest absolute Gasteiger partial charge is 0.387 e. The molecule has 15 nitrogen and oxygen atoms in total. The second-order valence-corrected chi connectivity index (χ2v) is 16.5. The second kappa shape index (κ2) is 16.5. The maximum atomic E-state index is 13.7. The molecule has 0 radical (unpaired) electrons. The van der Waals surface area contributed by atoms with Crippen LogP contribution in [0.5, 0.6) is 5.75 Å². The van der Waals surface area contributed by atoms with Crippen LogP contribution in [0.2, 0.25) is 0 Å². The van der Waals surface area contributed by atoms with E-state index in [0.29, 0.717) is 48.7 Å². The summed E-state index contributed by atoms with van der Waals surface area (Å²) in [6.07, 6.45) is 6.79. The molecule has 1 unspecified atom stereocenters. The number of piperidine rings is 2. The Hall–Kier alpha value is -5.25. The SMILES string of the molecule is CC(CCc1cc(S(=O)(=O)N2CCC(Nc3ncc(OC(F)F)cn3)CC2)ccc1C#N)N1CCC(c2ccc3c(N4CCC(=O)NC4=O)nn(C)c3c2)CC1. The van der Waals surface area contributed by atoms with Gasteiger partial charge in [0.2, 0.25) is 21.9 Å². The molecule has 3 aliphatic rings. The Kier molecular flexibility index (Phi) is 11.5. The van der Waals surface area contributed by atoms with E-state index in [1.807, 2.05) is 13.1 Å². The third-order valence-electron chi connectivity index (χ3n) is 11.1. The highest BCUT2D eigenvalue weighted by molar-refractivity contribution is 7.89. The number of likely N-dealkylation sites (tertiary alicyclic amines) is 1. The fourth-order valence-electron chi connectivity index (χ4n) is 7.87. The fourth-order valence-corrected chi connectivity index (χ4v) is 9.39. The summed E-state index contributed by atoms with van der Waals surface area (Å²) < 4.78 is 59.8. The van der Waals surface area contributed by atoms with E-state index in [0.717, 1.165) is 55.6 Å². The van der Waals surface area contributed by atoms with E-state index >= 15 is 0 Å². The van der Waals surface area contributed by atoms with Crippen LogP contribution in [0, 0.1) is 11.3 Å². The maximum absolute atomic E-state index is 13.7. The van der Waals surface area contributed by atoms with Gasteiger partial charge in [-0.05, 0) is 106 Å². The number of hydrogen-bond acceptors (Lipinski definition) is 11. The lowest BCUT2D eigenvalue weighted by molar-refractivity contribution is -0.120. The number of nitrogens with zero attached hydrogens (tertiary/aromatic N) is 8. The molecule has 7 rings (SSSR count). The van der Waals surface area contributed by atoms with Crippen LogP contribution in [0.25, 0.3) is 10.9 Å². The van der Waals surface area contributed by atoms with Crippen LogP contribution in [-0.4, -0.2) is 101 Å². The van der Waals surface area contributed by atoms with Gasteiger partial charge >= 0.3 is 12.6 Å². The predicted octanol–water partition coefficient (Wildman–Crippen LogP) is 4.75. The van der Waals surface area contributed by atoms with Crippen molar-refractivity contribution in [3.63, 3.8) is 0 Å². The number of aromatic nitrogens is 4. The molecule has 3 saturated heterocycles. The molecule has 296 valence electrons. The molecule has 18 heteroatoms. The van der Waals surface area contributed by atoms with Crippen LogP contribution in [0.3, 0.4) is 0 Å². The first-order valence-electron chi connectivity index (χ1n) is 18.8. The van der Waals surface area contributed by atoms with Crippen LogP contribution < -0.4 is 20.3 Å². The minimum atomic E-state index is -3.81. The van der Waals surface area contributed by atoms with Gasteiger partial charge in [-0.2, -0.15) is 23.4 Å². The van der Waals surface area contributed by atoms with Gasteiger partial charge in [0, 0.05) is 50.6 Å². The summed E-state index contributed by atoms with van der Waals surface area (Å²) in [6, 6.07) is 12.9. The van der Waals surface area contributed by atoms with Crippen molar-refractivity contribution >= 4 is 44.6 Å². The summed E-state index contributed by atoms with van der Waals surface area (Å²) >= 11 is 0. The van der Waals surface area contributed by atoms with Gasteiger partial charge in [-0.3, -0.25) is 19.7 Å². The van der Waals surface area contributed by atoms with Crippen molar-refractivity contribution in [3.05, 3.63) is 65.5 Å². The summed E-state index contributed by atoms with van der Waals surface area (Å²) in [5.74, 6) is 0.717. The number of nitriles is 1. The van der Waals surface area contributed by atoms with Crippen LogP contribution >= 0.6 is 0 Å². The first kappa shape index (κ1) is 39.0. The van der Waals surface area contributed by atoms with Gasteiger partial charge < -0.3 is 15.0 Å². The quantitative estimate of drug-likeness (QED) is 0.202. The first-order valence-corrected chi connectivity index (χ1v) is 20.2. The number of amides is 3. The number of anilines is 2. The number of sulfonamides is 1. The van der Waals surface area contributed by atoms with Gasteiger partial charge in [-0.25, -0.2) is 23.2 Å². The summed E-state index contributed by atoms with van der Waals surface area (Å²) in [7, 11) is -1.95. The van der Waals surface area contributed by atoms with Crippen molar-refractivity contribution in [3.8, 4) is 11.8 Å². The predicted molar refractivity (Wildman–Crippen MR) is 203 cm³/mol. The van der Waals surface area contributed by atoms with Gasteiger partial charge in [0.25, 0.3) is 0 Å². The number of nitrogens with one attached hydrogen (secondary N) is 2. The Balaban J connectivity index is 0.922. The van der Waals surface area contributed by atoms with Crippen molar-refractivity contribution in [1.82, 2.24) is 34.3 Å². The highest BCUT2D eigenvalue weighted by atomic mass is 32.2. The molecule has 2 aromatic heterocycles.